The predicted octanol–water partition coefficient (Wildman–Crippen LogP) is 2.60. The third-order valence-electron chi connectivity index (χ3n) is 3.90. The molecule has 0 N–H and O–H groups in total. The lowest BCUT2D eigenvalue weighted by Crippen LogP contribution is -2.43. The first kappa shape index (κ1) is 18.9. The van der Waals surface area contributed by atoms with Crippen LogP contribution in [-0.4, -0.2) is 56.1 Å². The van der Waals surface area contributed by atoms with E-state index in [9.17, 15) is 9.59 Å². The van der Waals surface area contributed by atoms with Crippen LogP contribution in [0.15, 0.2) is 11.8 Å². The molecule has 1 rings (SSSR count). The molecule has 126 valence electrons. The number of amides is 1. The number of ketones is 1. The highest BCUT2D eigenvalue weighted by molar-refractivity contribution is 6.76. The summed E-state index contributed by atoms with van der Waals surface area (Å²) in [5, 5.41) is 1.28. The van der Waals surface area contributed by atoms with Crippen LogP contribution in [0.1, 0.15) is 32.6 Å². The molecule has 1 heterocycles. The third-order valence-corrected chi connectivity index (χ3v) is 5.19. The van der Waals surface area contributed by atoms with Crippen molar-refractivity contribution in [2.24, 2.45) is 0 Å². The number of hydrogen-bond donors (Lipinski definition) is 0. The zero-order valence-electron chi connectivity index (χ0n) is 14.8. The SMILES string of the molecule is CCC(=O)/C=C1\CC[C@@H](CC(=O)N(C)OC)N1C[Si](C)(C)C. The number of allylic oxidation sites excluding steroid dienone is 2. The van der Waals surface area contributed by atoms with Crippen molar-refractivity contribution in [1.82, 2.24) is 9.96 Å². The average Bonchev–Trinajstić information content (AvgIpc) is 2.78. The van der Waals surface area contributed by atoms with Crippen molar-refractivity contribution in [3.05, 3.63) is 11.8 Å². The fraction of sp³-hybridized carbons (Fsp3) is 0.750. The van der Waals surface area contributed by atoms with E-state index in [1.807, 2.05) is 6.92 Å². The first-order valence-corrected chi connectivity index (χ1v) is 11.7. The summed E-state index contributed by atoms with van der Waals surface area (Å²) >= 11 is 0. The van der Waals surface area contributed by atoms with E-state index >= 15 is 0 Å². The Kier molecular flexibility index (Phi) is 6.81. The second-order valence-electron chi connectivity index (χ2n) is 7.11. The summed E-state index contributed by atoms with van der Waals surface area (Å²) < 4.78 is 0. The number of hydrogen-bond acceptors (Lipinski definition) is 4. The highest BCUT2D eigenvalue weighted by atomic mass is 28.3. The van der Waals surface area contributed by atoms with Crippen LogP contribution < -0.4 is 0 Å². The number of hydroxylamine groups is 2. The first-order valence-electron chi connectivity index (χ1n) is 7.98. The number of nitrogens with zero attached hydrogens (tertiary/aromatic N) is 2. The quantitative estimate of drug-likeness (QED) is 0.410. The van der Waals surface area contributed by atoms with Gasteiger partial charge in [-0.2, -0.15) is 0 Å². The number of carbonyl (C=O) groups is 2. The van der Waals surface area contributed by atoms with Gasteiger partial charge in [0.1, 0.15) is 0 Å². The summed E-state index contributed by atoms with van der Waals surface area (Å²) in [4.78, 5) is 31.2. The molecule has 0 aromatic carbocycles. The molecule has 1 saturated heterocycles. The second-order valence-corrected chi connectivity index (χ2v) is 12.6. The van der Waals surface area contributed by atoms with E-state index in [0.717, 1.165) is 24.7 Å². The molecule has 0 spiro atoms. The molecule has 0 aromatic heterocycles. The Morgan fingerprint density at radius 1 is 1.41 bits per heavy atom. The minimum absolute atomic E-state index is 0.0175. The molecule has 5 nitrogen and oxygen atoms in total. The van der Waals surface area contributed by atoms with Crippen LogP contribution in [0.25, 0.3) is 0 Å². The predicted molar refractivity (Wildman–Crippen MR) is 90.9 cm³/mol. The van der Waals surface area contributed by atoms with Crippen molar-refractivity contribution >= 4 is 19.8 Å². The van der Waals surface area contributed by atoms with Gasteiger partial charge >= 0.3 is 0 Å². The van der Waals surface area contributed by atoms with Gasteiger partial charge in [-0.25, -0.2) is 5.06 Å². The standard InChI is InChI=1S/C16H30N2O3Si/c1-7-15(19)10-13-8-9-14(11-16(20)17(2)21-3)18(13)12-22(4,5)6/h10,14H,7-9,11-12H2,1-6H3/b13-10+/t14-/m0/s1. The molecular formula is C16H30N2O3Si. The molecule has 0 radical (unpaired) electrons. The summed E-state index contributed by atoms with van der Waals surface area (Å²) in [5.41, 5.74) is 1.10. The van der Waals surface area contributed by atoms with Gasteiger partial charge in [0.05, 0.1) is 15.2 Å². The van der Waals surface area contributed by atoms with E-state index in [2.05, 4.69) is 24.5 Å². The Morgan fingerprint density at radius 2 is 2.05 bits per heavy atom. The molecule has 0 unspecified atom stereocenters. The van der Waals surface area contributed by atoms with Crippen LogP contribution in [0.3, 0.4) is 0 Å². The number of carbonyl (C=O) groups excluding carboxylic acids is 2. The van der Waals surface area contributed by atoms with Crippen LogP contribution >= 0.6 is 0 Å². The molecular weight excluding hydrogens is 296 g/mol. The van der Waals surface area contributed by atoms with Crippen molar-refractivity contribution in [2.45, 2.75) is 58.3 Å². The van der Waals surface area contributed by atoms with Gasteiger partial charge in [0, 0.05) is 43.9 Å². The van der Waals surface area contributed by atoms with E-state index in [-0.39, 0.29) is 17.7 Å². The molecule has 1 aliphatic heterocycles. The molecule has 1 fully saturated rings. The van der Waals surface area contributed by atoms with Gasteiger partial charge in [-0.15, -0.1) is 0 Å². The maximum absolute atomic E-state index is 12.1. The summed E-state index contributed by atoms with van der Waals surface area (Å²) in [7, 11) is 1.80. The fourth-order valence-corrected chi connectivity index (χ4v) is 4.16. The maximum atomic E-state index is 12.1. The summed E-state index contributed by atoms with van der Waals surface area (Å²) in [6.45, 7) is 8.81. The minimum Gasteiger partial charge on any atom is -0.374 e. The van der Waals surface area contributed by atoms with Crippen molar-refractivity contribution in [1.29, 1.82) is 0 Å². The highest BCUT2D eigenvalue weighted by Gasteiger charge is 2.33. The van der Waals surface area contributed by atoms with Gasteiger partial charge in [-0.3, -0.25) is 14.4 Å². The fourth-order valence-electron chi connectivity index (χ4n) is 2.68. The Hall–Kier alpha value is -1.14. The second kappa shape index (κ2) is 7.92. The zero-order valence-corrected chi connectivity index (χ0v) is 15.8. The van der Waals surface area contributed by atoms with Crippen molar-refractivity contribution in [3.63, 3.8) is 0 Å². The van der Waals surface area contributed by atoms with Gasteiger partial charge in [0.15, 0.2) is 5.78 Å². The van der Waals surface area contributed by atoms with Crippen LogP contribution in [0.4, 0.5) is 0 Å². The number of rotatable bonds is 7. The van der Waals surface area contributed by atoms with E-state index in [4.69, 9.17) is 4.84 Å². The van der Waals surface area contributed by atoms with E-state index in [0.29, 0.717) is 12.8 Å². The number of likely N-dealkylation sites (tertiary alicyclic amines) is 1. The van der Waals surface area contributed by atoms with Gasteiger partial charge in [-0.05, 0) is 12.8 Å². The zero-order chi connectivity index (χ0) is 16.9. The van der Waals surface area contributed by atoms with E-state index in [1.54, 1.807) is 13.1 Å². The van der Waals surface area contributed by atoms with Gasteiger partial charge < -0.3 is 4.90 Å². The lowest BCUT2D eigenvalue weighted by molar-refractivity contribution is -0.169. The first-order chi connectivity index (χ1) is 10.2. The molecule has 1 amide bonds. The molecule has 6 heteroatoms. The Labute approximate surface area is 135 Å². The molecule has 1 aliphatic rings. The van der Waals surface area contributed by atoms with Crippen molar-refractivity contribution in [3.8, 4) is 0 Å². The highest BCUT2D eigenvalue weighted by Crippen LogP contribution is 2.31. The lowest BCUT2D eigenvalue weighted by atomic mass is 10.1. The Bertz CT molecular complexity index is 443. The van der Waals surface area contributed by atoms with Gasteiger partial charge in [0.2, 0.25) is 5.91 Å². The third kappa shape index (κ3) is 5.57. The van der Waals surface area contributed by atoms with Crippen LogP contribution in [0.5, 0.6) is 0 Å². The topological polar surface area (TPSA) is 49.9 Å². The molecule has 22 heavy (non-hydrogen) atoms. The van der Waals surface area contributed by atoms with Crippen LogP contribution in [-0.2, 0) is 14.4 Å². The summed E-state index contributed by atoms with van der Waals surface area (Å²) in [6, 6.07) is 0.174. The van der Waals surface area contributed by atoms with E-state index < -0.39 is 8.07 Å². The van der Waals surface area contributed by atoms with Crippen LogP contribution in [0, 0.1) is 0 Å². The van der Waals surface area contributed by atoms with E-state index in [1.165, 1.54) is 12.2 Å². The van der Waals surface area contributed by atoms with Gasteiger partial charge in [-0.1, -0.05) is 26.6 Å². The Morgan fingerprint density at radius 3 is 2.55 bits per heavy atom. The smallest absolute Gasteiger partial charge is 0.247 e. The van der Waals surface area contributed by atoms with Crippen molar-refractivity contribution in [2.75, 3.05) is 20.3 Å². The molecule has 0 saturated carbocycles. The van der Waals surface area contributed by atoms with Gasteiger partial charge in [0.25, 0.3) is 0 Å². The molecule has 1 atom stereocenters. The lowest BCUT2D eigenvalue weighted by Gasteiger charge is -2.33. The molecule has 0 bridgehead atoms. The average molecular weight is 327 g/mol. The largest absolute Gasteiger partial charge is 0.374 e. The summed E-state index contributed by atoms with van der Waals surface area (Å²) in [5.74, 6) is 0.146. The molecule has 0 aromatic rings. The molecule has 0 aliphatic carbocycles. The summed E-state index contributed by atoms with van der Waals surface area (Å²) in [6.07, 6.45) is 5.53. The Balaban J connectivity index is 2.90. The minimum atomic E-state index is -1.34. The van der Waals surface area contributed by atoms with Crippen molar-refractivity contribution < 1.29 is 14.4 Å². The normalized spacial score (nSPS) is 20.5. The monoisotopic (exact) mass is 326 g/mol. The van der Waals surface area contributed by atoms with Crippen LogP contribution in [0.2, 0.25) is 19.6 Å². The maximum Gasteiger partial charge on any atom is 0.247 e.